The van der Waals surface area contributed by atoms with E-state index in [0.29, 0.717) is 18.8 Å². The van der Waals surface area contributed by atoms with Crippen LogP contribution in [-0.2, 0) is 16.6 Å². The van der Waals surface area contributed by atoms with Crippen molar-refractivity contribution in [3.05, 3.63) is 21.6 Å². The third-order valence-electron chi connectivity index (χ3n) is 2.47. The summed E-state index contributed by atoms with van der Waals surface area (Å²) in [6.45, 7) is 4.62. The SMILES string of the molecule is CCCn1ncc(NCCS(=O)(=O)NCC)c(Cl)c1=O. The molecule has 2 N–H and O–H groups in total. The van der Waals surface area contributed by atoms with Crippen molar-refractivity contribution in [1.82, 2.24) is 14.5 Å². The number of halogens is 1. The summed E-state index contributed by atoms with van der Waals surface area (Å²) in [5.74, 6) is -0.102. The molecular weight excluding hydrogens is 304 g/mol. The lowest BCUT2D eigenvalue weighted by Crippen LogP contribution is -2.30. The van der Waals surface area contributed by atoms with Gasteiger partial charge < -0.3 is 5.32 Å². The first-order chi connectivity index (χ1) is 9.41. The van der Waals surface area contributed by atoms with Gasteiger partial charge in [0.2, 0.25) is 10.0 Å². The molecule has 1 heterocycles. The number of nitrogens with one attached hydrogen (secondary N) is 2. The summed E-state index contributed by atoms with van der Waals surface area (Å²) in [7, 11) is -3.30. The van der Waals surface area contributed by atoms with Crippen LogP contribution in [0.5, 0.6) is 0 Å². The minimum Gasteiger partial charge on any atom is -0.381 e. The molecule has 0 unspecified atom stereocenters. The van der Waals surface area contributed by atoms with Gasteiger partial charge in [-0.3, -0.25) is 4.79 Å². The molecule has 1 aromatic rings. The number of rotatable bonds is 8. The first kappa shape index (κ1) is 16.9. The molecule has 0 atom stereocenters. The van der Waals surface area contributed by atoms with Gasteiger partial charge in [0.25, 0.3) is 5.56 Å². The summed E-state index contributed by atoms with van der Waals surface area (Å²) in [4.78, 5) is 11.8. The average Bonchev–Trinajstić information content (AvgIpc) is 2.37. The Kier molecular flexibility index (Phi) is 6.44. The molecule has 1 rings (SSSR count). The third-order valence-corrected chi connectivity index (χ3v) is 4.31. The maximum Gasteiger partial charge on any atom is 0.287 e. The summed E-state index contributed by atoms with van der Waals surface area (Å²) in [5, 5.41) is 6.81. The standard InChI is InChI=1S/C11H19ClN4O3S/c1-3-6-16-11(17)10(12)9(8-14-16)13-5-7-20(18,19)15-4-2/h8,13,15H,3-7H2,1-2H3. The topological polar surface area (TPSA) is 93.1 Å². The van der Waals surface area contributed by atoms with E-state index in [1.165, 1.54) is 10.9 Å². The molecule has 7 nitrogen and oxygen atoms in total. The number of hydrogen-bond donors (Lipinski definition) is 2. The Hall–Kier alpha value is -1.12. The van der Waals surface area contributed by atoms with Gasteiger partial charge in [-0.15, -0.1) is 0 Å². The normalized spacial score (nSPS) is 11.6. The van der Waals surface area contributed by atoms with E-state index in [4.69, 9.17) is 11.6 Å². The zero-order valence-corrected chi connectivity index (χ0v) is 13.1. The molecule has 9 heteroatoms. The van der Waals surface area contributed by atoms with E-state index in [0.717, 1.165) is 6.42 Å². The van der Waals surface area contributed by atoms with Gasteiger partial charge >= 0.3 is 0 Å². The molecule has 114 valence electrons. The highest BCUT2D eigenvalue weighted by Gasteiger charge is 2.11. The fourth-order valence-corrected chi connectivity index (χ4v) is 2.74. The van der Waals surface area contributed by atoms with Crippen molar-refractivity contribution in [2.75, 3.05) is 24.2 Å². The number of sulfonamides is 1. The van der Waals surface area contributed by atoms with Crippen LogP contribution in [0.4, 0.5) is 5.69 Å². The molecule has 0 spiro atoms. The highest BCUT2D eigenvalue weighted by atomic mass is 35.5. The quantitative estimate of drug-likeness (QED) is 0.733. The third kappa shape index (κ3) is 4.77. The number of aryl methyl sites for hydroxylation is 1. The van der Waals surface area contributed by atoms with Crippen LogP contribution >= 0.6 is 11.6 Å². The van der Waals surface area contributed by atoms with Crippen LogP contribution < -0.4 is 15.6 Å². The van der Waals surface area contributed by atoms with Crippen LogP contribution in [-0.4, -0.2) is 37.0 Å². The Morgan fingerprint density at radius 2 is 2.10 bits per heavy atom. The minimum absolute atomic E-state index is 0.0225. The van der Waals surface area contributed by atoms with Gasteiger partial charge in [-0.1, -0.05) is 25.4 Å². The molecule has 1 aromatic heterocycles. The van der Waals surface area contributed by atoms with Crippen molar-refractivity contribution in [1.29, 1.82) is 0 Å². The second-order valence-electron chi connectivity index (χ2n) is 4.14. The lowest BCUT2D eigenvalue weighted by atomic mass is 10.4. The molecule has 0 saturated carbocycles. The van der Waals surface area contributed by atoms with Gasteiger partial charge in [0.05, 0.1) is 17.6 Å². The van der Waals surface area contributed by atoms with E-state index in [9.17, 15) is 13.2 Å². The van der Waals surface area contributed by atoms with Crippen LogP contribution in [0.2, 0.25) is 5.02 Å². The molecule has 20 heavy (non-hydrogen) atoms. The van der Waals surface area contributed by atoms with E-state index in [1.54, 1.807) is 6.92 Å². The predicted octanol–water partition coefficient (Wildman–Crippen LogP) is 0.658. The van der Waals surface area contributed by atoms with Gasteiger partial charge in [-0.2, -0.15) is 5.10 Å². The maximum absolute atomic E-state index is 11.8. The van der Waals surface area contributed by atoms with E-state index >= 15 is 0 Å². The highest BCUT2D eigenvalue weighted by Crippen LogP contribution is 2.14. The van der Waals surface area contributed by atoms with Crippen LogP contribution in [0.25, 0.3) is 0 Å². The number of nitrogens with zero attached hydrogens (tertiary/aromatic N) is 2. The molecule has 0 aromatic carbocycles. The van der Waals surface area contributed by atoms with E-state index in [2.05, 4.69) is 15.1 Å². The number of aromatic nitrogens is 2. The van der Waals surface area contributed by atoms with Gasteiger partial charge in [0, 0.05) is 19.6 Å². The number of hydrogen-bond acceptors (Lipinski definition) is 5. The Balaban J connectivity index is 2.71. The lowest BCUT2D eigenvalue weighted by Gasteiger charge is -2.10. The first-order valence-corrected chi connectivity index (χ1v) is 8.41. The second kappa shape index (κ2) is 7.61. The van der Waals surface area contributed by atoms with Crippen LogP contribution in [0.1, 0.15) is 20.3 Å². The van der Waals surface area contributed by atoms with Crippen molar-refractivity contribution in [2.24, 2.45) is 0 Å². The zero-order valence-electron chi connectivity index (χ0n) is 11.5. The van der Waals surface area contributed by atoms with Gasteiger partial charge in [-0.05, 0) is 6.42 Å². The second-order valence-corrected chi connectivity index (χ2v) is 6.45. The van der Waals surface area contributed by atoms with E-state index in [-0.39, 0.29) is 22.9 Å². The fourth-order valence-electron chi connectivity index (χ4n) is 1.57. The lowest BCUT2D eigenvalue weighted by molar-refractivity contribution is 0.568. The molecular formula is C11H19ClN4O3S. The Labute approximate surface area is 123 Å². The summed E-state index contributed by atoms with van der Waals surface area (Å²) >= 11 is 5.94. The van der Waals surface area contributed by atoms with E-state index in [1.807, 2.05) is 6.92 Å². The zero-order chi connectivity index (χ0) is 15.2. The molecule has 0 radical (unpaired) electrons. The fraction of sp³-hybridized carbons (Fsp3) is 0.636. The van der Waals surface area contributed by atoms with Gasteiger partial charge in [0.1, 0.15) is 5.02 Å². The first-order valence-electron chi connectivity index (χ1n) is 6.38. The molecule has 0 saturated heterocycles. The molecule has 0 aliphatic heterocycles. The van der Waals surface area contributed by atoms with Crippen molar-refractivity contribution in [3.8, 4) is 0 Å². The van der Waals surface area contributed by atoms with Crippen molar-refractivity contribution in [3.63, 3.8) is 0 Å². The Bertz CT molecular complexity index is 600. The monoisotopic (exact) mass is 322 g/mol. The van der Waals surface area contributed by atoms with Gasteiger partial charge in [0.15, 0.2) is 0 Å². The molecule has 0 aliphatic carbocycles. The summed E-state index contributed by atoms with van der Waals surface area (Å²) in [6.07, 6.45) is 2.20. The number of anilines is 1. The summed E-state index contributed by atoms with van der Waals surface area (Å²) in [5.41, 5.74) is -0.0382. The van der Waals surface area contributed by atoms with Crippen molar-refractivity contribution < 1.29 is 8.42 Å². The Morgan fingerprint density at radius 1 is 1.40 bits per heavy atom. The maximum atomic E-state index is 11.8. The smallest absolute Gasteiger partial charge is 0.287 e. The van der Waals surface area contributed by atoms with Gasteiger partial charge in [-0.25, -0.2) is 17.8 Å². The summed E-state index contributed by atoms with van der Waals surface area (Å²) < 4.78 is 26.6. The Morgan fingerprint density at radius 3 is 2.70 bits per heavy atom. The molecule has 0 aliphatic rings. The summed E-state index contributed by atoms with van der Waals surface area (Å²) in [6, 6.07) is 0. The molecule has 0 fully saturated rings. The molecule has 0 bridgehead atoms. The van der Waals surface area contributed by atoms with Crippen molar-refractivity contribution in [2.45, 2.75) is 26.8 Å². The van der Waals surface area contributed by atoms with Crippen molar-refractivity contribution >= 4 is 27.3 Å². The van der Waals surface area contributed by atoms with Crippen LogP contribution in [0.3, 0.4) is 0 Å². The minimum atomic E-state index is -3.30. The van der Waals surface area contributed by atoms with Crippen LogP contribution in [0.15, 0.2) is 11.0 Å². The largest absolute Gasteiger partial charge is 0.381 e. The van der Waals surface area contributed by atoms with E-state index < -0.39 is 10.0 Å². The average molecular weight is 323 g/mol. The van der Waals surface area contributed by atoms with Crippen LogP contribution in [0, 0.1) is 0 Å². The highest BCUT2D eigenvalue weighted by molar-refractivity contribution is 7.89. The molecule has 0 amide bonds. The predicted molar refractivity (Wildman–Crippen MR) is 79.8 cm³/mol.